The molecule has 6 aromatic rings. The van der Waals surface area contributed by atoms with Crippen molar-refractivity contribution in [1.29, 1.82) is 0 Å². The van der Waals surface area contributed by atoms with Gasteiger partial charge in [0.05, 0.1) is 53.8 Å². The van der Waals surface area contributed by atoms with Crippen LogP contribution in [-0.4, -0.2) is 93.7 Å². The van der Waals surface area contributed by atoms with E-state index in [1.165, 1.54) is 48.5 Å². The number of carboxylic acid groups (broad SMARTS) is 1. The first-order chi connectivity index (χ1) is 49.1. The summed E-state index contributed by atoms with van der Waals surface area (Å²) in [4.78, 5) is 83.2. The number of benzene rings is 4. The maximum absolute atomic E-state index is 16.7. The van der Waals surface area contributed by atoms with Gasteiger partial charge in [-0.2, -0.15) is 52.7 Å². The fourth-order valence-electron chi connectivity index (χ4n) is 13.1. The van der Waals surface area contributed by atoms with Gasteiger partial charge in [0, 0.05) is 59.9 Å². The highest BCUT2D eigenvalue weighted by molar-refractivity contribution is 5.84. The minimum absolute atomic E-state index is 0.00903. The van der Waals surface area contributed by atoms with Gasteiger partial charge in [-0.05, 0) is 205 Å². The summed E-state index contributed by atoms with van der Waals surface area (Å²) in [6, 6.07) is -4.77. The lowest BCUT2D eigenvalue weighted by Gasteiger charge is -2.31. The van der Waals surface area contributed by atoms with Gasteiger partial charge in [0.1, 0.15) is 47.0 Å². The molecule has 0 aliphatic carbocycles. The van der Waals surface area contributed by atoms with Gasteiger partial charge in [-0.3, -0.25) is 28.8 Å². The van der Waals surface area contributed by atoms with Crippen LogP contribution in [0.25, 0.3) is 22.3 Å². The summed E-state index contributed by atoms with van der Waals surface area (Å²) >= 11 is 0. The Balaban J connectivity index is 0.000000296. The van der Waals surface area contributed by atoms with Gasteiger partial charge in [0.2, 0.25) is 11.8 Å². The molecule has 2 aromatic heterocycles. The molecule has 0 spiro atoms. The lowest BCUT2D eigenvalue weighted by atomic mass is 9.87. The Morgan fingerprint density at radius 1 is 0.491 bits per heavy atom. The van der Waals surface area contributed by atoms with E-state index < -0.39 is 188 Å². The monoisotopic (exact) mass is 1520 g/mol. The van der Waals surface area contributed by atoms with E-state index in [-0.39, 0.29) is 113 Å². The number of nitrogens with zero attached hydrogens (tertiary/aromatic N) is 4. The van der Waals surface area contributed by atoms with Crippen LogP contribution in [0.2, 0.25) is 0 Å². The highest BCUT2D eigenvalue weighted by Crippen LogP contribution is 2.46. The number of esters is 1. The predicted octanol–water partition coefficient (Wildman–Crippen LogP) is 16.6. The van der Waals surface area contributed by atoms with Gasteiger partial charge in [0.15, 0.2) is 0 Å². The molecule has 2 unspecified atom stereocenters. The molecular weight excluding hydrogens is 1440 g/mol. The molecule has 580 valence electrons. The van der Waals surface area contributed by atoms with Crippen molar-refractivity contribution in [3.8, 4) is 22.3 Å². The van der Waals surface area contributed by atoms with Crippen LogP contribution in [0.5, 0.6) is 0 Å². The molecular formula is C74H80F18N6O8. The van der Waals surface area contributed by atoms with Crippen LogP contribution < -0.4 is 21.8 Å². The van der Waals surface area contributed by atoms with Gasteiger partial charge < -0.3 is 39.4 Å². The number of carboxylic acids is 1. The maximum Gasteiger partial charge on any atom is 0.419 e. The van der Waals surface area contributed by atoms with Crippen LogP contribution in [-0.2, 0) is 61.5 Å². The minimum Gasteiger partial charge on any atom is -0.481 e. The molecule has 2 aliphatic heterocycles. The van der Waals surface area contributed by atoms with Gasteiger partial charge in [-0.15, -0.1) is 0 Å². The summed E-state index contributed by atoms with van der Waals surface area (Å²) in [6.07, 6.45) is -20.4. The molecule has 4 heterocycles. The molecule has 4 aromatic carbocycles. The molecule has 0 saturated carbocycles. The van der Waals surface area contributed by atoms with Crippen molar-refractivity contribution < 1.29 is 108 Å². The van der Waals surface area contributed by atoms with Gasteiger partial charge in [0.25, 0.3) is 11.1 Å². The van der Waals surface area contributed by atoms with E-state index in [1.807, 2.05) is 9.80 Å². The van der Waals surface area contributed by atoms with Gasteiger partial charge >= 0.3 is 36.6 Å². The topological polar surface area (TPSA) is 172 Å². The predicted molar refractivity (Wildman–Crippen MR) is 355 cm³/mol. The third-order valence-electron chi connectivity index (χ3n) is 19.0. The van der Waals surface area contributed by atoms with E-state index in [4.69, 9.17) is 4.74 Å². The summed E-state index contributed by atoms with van der Waals surface area (Å²) in [6.45, 7) is 18.6. The van der Waals surface area contributed by atoms with Gasteiger partial charge in [-0.1, -0.05) is 27.7 Å². The fraction of sp³-hybridized carbons (Fsp3) is 0.486. The number of aryl methyl sites for hydroxylation is 2. The summed E-state index contributed by atoms with van der Waals surface area (Å²) in [5.41, 5.74) is -14.3. The lowest BCUT2D eigenvalue weighted by molar-refractivity contribution is -0.144. The number of halogens is 18. The Hall–Kier alpha value is -8.68. The van der Waals surface area contributed by atoms with Crippen LogP contribution in [0.3, 0.4) is 0 Å². The Morgan fingerprint density at radius 3 is 1.12 bits per heavy atom. The lowest BCUT2D eigenvalue weighted by Crippen LogP contribution is -2.41. The SMILES string of the molecule is CCOC(=O)C[C@H](NC(=O)C(CC(C)C)n1cc(CCN2CCC2)c(C(F)(F)F)cc1=O)c1c(F)c(-c2c(C)cc(F)c(C)c2C)cc(C(F)(F)F)c1F.Cc1cc(F)c(C)c(C)c1-c1cc(C(F)(F)F)c(F)c([C@H](CC(=O)O)NC(=O)C(CC(C)C)n2cc(CCN3CCC3)c(C(F)(F)F)cc2=O)c1F. The third kappa shape index (κ3) is 19.5. The zero-order chi connectivity index (χ0) is 79.5. The molecule has 2 saturated heterocycles. The molecule has 0 radical (unpaired) electrons. The molecule has 8 rings (SSSR count). The van der Waals surface area contributed by atoms with E-state index >= 15 is 17.6 Å². The van der Waals surface area contributed by atoms with Crippen molar-refractivity contribution in [2.75, 3.05) is 45.9 Å². The standard InChI is InChI=1S/C38H42F9N3O4.C36H38F9N3O4/c1-7-54-31(52)17-28(33-34(40)24(15-26(35(33)41)38(45,46)47)32-20(4)14-27(39)21(5)22(32)6)48-36(53)29(13-19(2)3)50-18-23(9-12-49-10-8-11-49)25(16-30(50)51)37(42,43)44;1-17(2)11-27(48-16-21(7-10-47-8-6-9-47)23(14-28(48)49)35(40,41)42)34(52)46-26(15-29(50)51)31-32(38)22(13-24(33(31)39)36(43,44)45)30-18(3)12-25(37)19(4)20(30)5/h14-16,18-19,28-29H,7-13,17H2,1-6H3,(H,48,53);12-14,16-17,26-27H,6-11,15H2,1-5H3,(H,46,52)(H,50,51)/t28-,29?;26-,27?/m00/s1. The van der Waals surface area contributed by atoms with E-state index in [0.717, 1.165) is 41.9 Å². The number of pyridine rings is 2. The van der Waals surface area contributed by atoms with Crippen LogP contribution in [0.15, 0.2) is 58.4 Å². The molecule has 3 N–H and O–H groups in total. The molecule has 2 fully saturated rings. The number of ether oxygens (including phenoxy) is 1. The van der Waals surface area contributed by atoms with Crippen LogP contribution in [0, 0.1) is 88.3 Å². The van der Waals surface area contributed by atoms with Crippen LogP contribution in [0.4, 0.5) is 79.0 Å². The molecule has 4 atom stereocenters. The second-order valence-electron chi connectivity index (χ2n) is 27.4. The second-order valence-corrected chi connectivity index (χ2v) is 27.4. The quantitative estimate of drug-likeness (QED) is 0.0370. The number of aliphatic carboxylic acids is 1. The number of nitrogens with one attached hydrogen (secondary N) is 2. The van der Waals surface area contributed by atoms with Crippen molar-refractivity contribution in [2.45, 2.75) is 176 Å². The largest absolute Gasteiger partial charge is 0.481 e. The van der Waals surface area contributed by atoms with Crippen molar-refractivity contribution >= 4 is 23.8 Å². The number of amides is 2. The molecule has 2 aliphatic rings. The number of carbonyl (C=O) groups is 4. The Kier molecular flexibility index (Phi) is 26.8. The zero-order valence-electron chi connectivity index (χ0n) is 59.6. The molecule has 0 bridgehead atoms. The minimum atomic E-state index is -5.45. The summed E-state index contributed by atoms with van der Waals surface area (Å²) in [5.74, 6) is -15.4. The normalized spacial score (nSPS) is 15.0. The Labute approximate surface area is 598 Å². The zero-order valence-corrected chi connectivity index (χ0v) is 59.6. The van der Waals surface area contributed by atoms with Gasteiger partial charge in [-0.25, -0.2) is 26.3 Å². The first-order valence-electron chi connectivity index (χ1n) is 33.9. The van der Waals surface area contributed by atoms with Crippen molar-refractivity contribution in [2.24, 2.45) is 11.8 Å². The number of carbonyl (C=O) groups excluding carboxylic acids is 3. The number of aromatic nitrogens is 2. The Morgan fingerprint density at radius 2 is 0.830 bits per heavy atom. The van der Waals surface area contributed by atoms with Crippen molar-refractivity contribution in [3.63, 3.8) is 0 Å². The average Bonchev–Trinajstić information content (AvgIpc) is 0.757. The smallest absolute Gasteiger partial charge is 0.419 e. The first kappa shape index (κ1) is 84.6. The second kappa shape index (κ2) is 33.6. The van der Waals surface area contributed by atoms with E-state index in [2.05, 4.69) is 10.6 Å². The maximum atomic E-state index is 16.7. The summed E-state index contributed by atoms with van der Waals surface area (Å²) in [7, 11) is 0. The fourth-order valence-corrected chi connectivity index (χ4v) is 13.1. The molecule has 32 heteroatoms. The molecule has 14 nitrogen and oxygen atoms in total. The van der Waals surface area contributed by atoms with Crippen LogP contribution in [0.1, 0.15) is 175 Å². The van der Waals surface area contributed by atoms with E-state index in [9.17, 15) is 95.3 Å². The molecule has 106 heavy (non-hydrogen) atoms. The summed E-state index contributed by atoms with van der Waals surface area (Å²) in [5, 5.41) is 14.0. The Bertz CT molecular complexity index is 4420. The van der Waals surface area contributed by atoms with Crippen LogP contribution >= 0.6 is 0 Å². The van der Waals surface area contributed by atoms with E-state index in [1.54, 1.807) is 27.7 Å². The molecule has 2 amide bonds. The highest BCUT2D eigenvalue weighted by atomic mass is 19.4. The number of alkyl halides is 12. The summed E-state index contributed by atoms with van der Waals surface area (Å²) < 4.78 is 271. The van der Waals surface area contributed by atoms with Crippen molar-refractivity contribution in [1.82, 2.24) is 29.6 Å². The highest BCUT2D eigenvalue weighted by Gasteiger charge is 2.44. The number of likely N-dealkylation sites (tertiary alicyclic amines) is 2. The third-order valence-corrected chi connectivity index (χ3v) is 19.0. The average molecular weight is 1520 g/mol. The number of rotatable bonds is 25. The van der Waals surface area contributed by atoms with Crippen molar-refractivity contribution in [3.05, 3.63) is 182 Å². The number of hydrogen-bond donors (Lipinski definition) is 3. The first-order valence-corrected chi connectivity index (χ1v) is 33.9. The van der Waals surface area contributed by atoms with E-state index in [0.29, 0.717) is 42.9 Å². The number of hydrogen-bond acceptors (Lipinski definition) is 9.